The van der Waals surface area contributed by atoms with Crippen molar-refractivity contribution in [3.63, 3.8) is 0 Å². The Kier molecular flexibility index (Phi) is 3.46. The van der Waals surface area contributed by atoms with Crippen molar-refractivity contribution in [2.75, 3.05) is 11.4 Å². The molecule has 4 heteroatoms. The summed E-state index contributed by atoms with van der Waals surface area (Å²) in [6.07, 6.45) is 1.89. The number of para-hydroxylation sites is 2. The number of benzene rings is 2. The molecule has 0 unspecified atom stereocenters. The van der Waals surface area contributed by atoms with Crippen molar-refractivity contribution in [1.82, 2.24) is 15.0 Å². The van der Waals surface area contributed by atoms with E-state index in [1.807, 2.05) is 53.2 Å². The summed E-state index contributed by atoms with van der Waals surface area (Å²) in [4.78, 5) is 2.20. The van der Waals surface area contributed by atoms with Gasteiger partial charge in [-0.25, -0.2) is 4.68 Å². The first kappa shape index (κ1) is 12.4. The van der Waals surface area contributed by atoms with Gasteiger partial charge in [0.2, 0.25) is 0 Å². The van der Waals surface area contributed by atoms with E-state index in [0.29, 0.717) is 6.67 Å². The zero-order valence-corrected chi connectivity index (χ0v) is 11.2. The van der Waals surface area contributed by atoms with Gasteiger partial charge in [-0.3, -0.25) is 0 Å². The van der Waals surface area contributed by atoms with Crippen molar-refractivity contribution in [2.24, 2.45) is 0 Å². The first-order chi connectivity index (χ1) is 9.88. The van der Waals surface area contributed by atoms with Gasteiger partial charge < -0.3 is 4.90 Å². The van der Waals surface area contributed by atoms with Crippen LogP contribution >= 0.6 is 0 Å². The monoisotopic (exact) mass is 264 g/mol. The summed E-state index contributed by atoms with van der Waals surface area (Å²) in [6, 6.07) is 18.2. The highest BCUT2D eigenvalue weighted by atomic mass is 15.5. The molecule has 0 saturated heterocycles. The van der Waals surface area contributed by atoms with Crippen LogP contribution in [-0.4, -0.2) is 21.5 Å². The van der Waals surface area contributed by atoms with E-state index in [2.05, 4.69) is 33.9 Å². The van der Waals surface area contributed by atoms with Gasteiger partial charge in [-0.15, -0.1) is 11.7 Å². The smallest absolute Gasteiger partial charge is 0.114 e. The Labute approximate surface area is 117 Å². The molecule has 0 N–H and O–H groups in total. The molecule has 2 aromatic carbocycles. The minimum absolute atomic E-state index is 0.649. The lowest BCUT2D eigenvalue weighted by Gasteiger charge is -2.23. The number of fused-ring (bicyclic) bond motifs is 1. The summed E-state index contributed by atoms with van der Waals surface area (Å²) in [5.74, 6) is 0. The summed E-state index contributed by atoms with van der Waals surface area (Å²) >= 11 is 0. The molecule has 1 aromatic heterocycles. The van der Waals surface area contributed by atoms with E-state index in [1.165, 1.54) is 0 Å². The maximum absolute atomic E-state index is 4.23. The Balaban J connectivity index is 1.92. The van der Waals surface area contributed by atoms with Crippen molar-refractivity contribution in [3.8, 4) is 0 Å². The molecule has 4 nitrogen and oxygen atoms in total. The van der Waals surface area contributed by atoms with E-state index >= 15 is 0 Å². The zero-order valence-electron chi connectivity index (χ0n) is 11.2. The van der Waals surface area contributed by atoms with Crippen LogP contribution in [0.15, 0.2) is 67.3 Å². The second kappa shape index (κ2) is 5.57. The third kappa shape index (κ3) is 2.40. The predicted molar refractivity (Wildman–Crippen MR) is 81.5 cm³/mol. The van der Waals surface area contributed by atoms with Gasteiger partial charge in [-0.05, 0) is 24.3 Å². The van der Waals surface area contributed by atoms with Crippen LogP contribution in [0.4, 0.5) is 5.69 Å². The third-order valence-corrected chi connectivity index (χ3v) is 3.20. The summed E-state index contributed by atoms with van der Waals surface area (Å²) in [6.45, 7) is 5.24. The molecule has 0 fully saturated rings. The minimum Gasteiger partial charge on any atom is -0.348 e. The highest BCUT2D eigenvalue weighted by Gasteiger charge is 2.09. The van der Waals surface area contributed by atoms with E-state index < -0.39 is 0 Å². The average molecular weight is 264 g/mol. The summed E-state index contributed by atoms with van der Waals surface area (Å²) in [5, 5.41) is 8.42. The normalized spacial score (nSPS) is 10.6. The molecule has 1 heterocycles. The van der Waals surface area contributed by atoms with Crippen LogP contribution in [0.3, 0.4) is 0 Å². The van der Waals surface area contributed by atoms with Gasteiger partial charge in [0.25, 0.3) is 0 Å². The summed E-state index contributed by atoms with van der Waals surface area (Å²) in [7, 11) is 0. The van der Waals surface area contributed by atoms with Gasteiger partial charge in [0.15, 0.2) is 0 Å². The third-order valence-electron chi connectivity index (χ3n) is 3.20. The van der Waals surface area contributed by atoms with E-state index in [1.54, 1.807) is 0 Å². The topological polar surface area (TPSA) is 34.0 Å². The van der Waals surface area contributed by atoms with Gasteiger partial charge in [0.05, 0.1) is 5.52 Å². The fourth-order valence-electron chi connectivity index (χ4n) is 2.22. The van der Waals surface area contributed by atoms with Crippen LogP contribution in [0.1, 0.15) is 0 Å². The van der Waals surface area contributed by atoms with E-state index in [-0.39, 0.29) is 0 Å². The van der Waals surface area contributed by atoms with Crippen LogP contribution in [0.25, 0.3) is 11.0 Å². The Morgan fingerprint density at radius 2 is 1.80 bits per heavy atom. The highest BCUT2D eigenvalue weighted by molar-refractivity contribution is 5.73. The molecule has 0 radical (unpaired) electrons. The van der Waals surface area contributed by atoms with Gasteiger partial charge in [0.1, 0.15) is 12.2 Å². The lowest BCUT2D eigenvalue weighted by molar-refractivity contribution is 0.588. The molecular formula is C16H16N4. The first-order valence-corrected chi connectivity index (χ1v) is 6.57. The average Bonchev–Trinajstić information content (AvgIpc) is 2.91. The number of nitrogens with zero attached hydrogens (tertiary/aromatic N) is 4. The van der Waals surface area contributed by atoms with Gasteiger partial charge in [-0.2, -0.15) is 0 Å². The fraction of sp³-hybridized carbons (Fsp3) is 0.125. The van der Waals surface area contributed by atoms with Crippen LogP contribution < -0.4 is 4.90 Å². The van der Waals surface area contributed by atoms with Crippen LogP contribution in [0.5, 0.6) is 0 Å². The first-order valence-electron chi connectivity index (χ1n) is 6.57. The standard InChI is InChI=1S/C16H16N4/c1-2-12-19(14-8-4-3-5-9-14)13-20-16-11-7-6-10-15(16)17-18-20/h2-11H,1,12-13H2. The Hall–Kier alpha value is -2.62. The van der Waals surface area contributed by atoms with Crippen LogP contribution in [-0.2, 0) is 6.67 Å². The molecule has 0 saturated carbocycles. The SMILES string of the molecule is C=CCN(Cn1nnc2ccccc21)c1ccccc1. The van der Waals surface area contributed by atoms with Crippen molar-refractivity contribution < 1.29 is 0 Å². The van der Waals surface area contributed by atoms with Gasteiger partial charge in [0, 0.05) is 12.2 Å². The highest BCUT2D eigenvalue weighted by Crippen LogP contribution is 2.16. The summed E-state index contributed by atoms with van der Waals surface area (Å²) < 4.78 is 1.91. The molecule has 3 aromatic rings. The van der Waals surface area contributed by atoms with Crippen LogP contribution in [0.2, 0.25) is 0 Å². The molecular weight excluding hydrogens is 248 g/mol. The molecule has 20 heavy (non-hydrogen) atoms. The van der Waals surface area contributed by atoms with Gasteiger partial charge >= 0.3 is 0 Å². The predicted octanol–water partition coefficient (Wildman–Crippen LogP) is 3.08. The van der Waals surface area contributed by atoms with E-state index in [0.717, 1.165) is 23.3 Å². The molecule has 100 valence electrons. The molecule has 0 aliphatic heterocycles. The van der Waals surface area contributed by atoms with Crippen molar-refractivity contribution in [1.29, 1.82) is 0 Å². The molecule has 0 bridgehead atoms. The number of rotatable bonds is 5. The molecule has 3 rings (SSSR count). The number of anilines is 1. The second-order valence-electron chi connectivity index (χ2n) is 4.57. The minimum atomic E-state index is 0.649. The molecule has 0 aliphatic carbocycles. The Morgan fingerprint density at radius 1 is 1.05 bits per heavy atom. The van der Waals surface area contributed by atoms with Crippen molar-refractivity contribution in [3.05, 3.63) is 67.3 Å². The van der Waals surface area contributed by atoms with E-state index in [9.17, 15) is 0 Å². The molecule has 0 amide bonds. The Bertz CT molecular complexity index is 703. The molecule has 0 aliphatic rings. The zero-order chi connectivity index (χ0) is 13.8. The Morgan fingerprint density at radius 3 is 2.60 bits per heavy atom. The fourth-order valence-corrected chi connectivity index (χ4v) is 2.22. The summed E-state index contributed by atoms with van der Waals surface area (Å²) in [5.41, 5.74) is 3.10. The molecule has 0 spiro atoms. The van der Waals surface area contributed by atoms with Crippen molar-refractivity contribution >= 4 is 16.7 Å². The number of hydrogen-bond donors (Lipinski definition) is 0. The molecule has 0 atom stereocenters. The van der Waals surface area contributed by atoms with Crippen LogP contribution in [0, 0.1) is 0 Å². The second-order valence-corrected chi connectivity index (χ2v) is 4.57. The maximum Gasteiger partial charge on any atom is 0.114 e. The maximum atomic E-state index is 4.23. The number of hydrogen-bond acceptors (Lipinski definition) is 3. The largest absolute Gasteiger partial charge is 0.348 e. The lowest BCUT2D eigenvalue weighted by Crippen LogP contribution is -2.26. The number of aromatic nitrogens is 3. The van der Waals surface area contributed by atoms with E-state index in [4.69, 9.17) is 0 Å². The van der Waals surface area contributed by atoms with Crippen molar-refractivity contribution in [2.45, 2.75) is 6.67 Å². The lowest BCUT2D eigenvalue weighted by atomic mass is 10.3. The quantitative estimate of drug-likeness (QED) is 0.664. The van der Waals surface area contributed by atoms with Gasteiger partial charge in [-0.1, -0.05) is 41.6 Å².